The number of nitrogens with zero attached hydrogens (tertiary/aromatic N) is 1. The Morgan fingerprint density at radius 1 is 1.57 bits per heavy atom. The predicted octanol–water partition coefficient (Wildman–Crippen LogP) is 1.95. The second kappa shape index (κ2) is 5.96. The van der Waals surface area contributed by atoms with Gasteiger partial charge in [-0.25, -0.2) is 8.42 Å². The smallest absolute Gasteiger partial charge is 0.252 e. The average molecular weight is 331 g/mol. The van der Waals surface area contributed by atoms with E-state index in [0.29, 0.717) is 30.5 Å². The molecule has 2 aliphatic rings. The van der Waals surface area contributed by atoms with Crippen LogP contribution >= 0.6 is 11.3 Å². The van der Waals surface area contributed by atoms with Gasteiger partial charge in [0.2, 0.25) is 0 Å². The van der Waals surface area contributed by atoms with Crippen molar-refractivity contribution < 1.29 is 17.9 Å². The van der Waals surface area contributed by atoms with E-state index in [4.69, 9.17) is 9.47 Å². The van der Waals surface area contributed by atoms with Crippen LogP contribution in [0.1, 0.15) is 19.3 Å². The first kappa shape index (κ1) is 15.4. The highest BCUT2D eigenvalue weighted by molar-refractivity contribution is 7.91. The van der Waals surface area contributed by atoms with Crippen LogP contribution in [0.25, 0.3) is 0 Å². The number of morpholine rings is 1. The van der Waals surface area contributed by atoms with Gasteiger partial charge in [-0.05, 0) is 24.3 Å². The van der Waals surface area contributed by atoms with Crippen molar-refractivity contribution in [1.82, 2.24) is 4.31 Å². The van der Waals surface area contributed by atoms with E-state index >= 15 is 0 Å². The molecule has 1 aromatic heterocycles. The summed E-state index contributed by atoms with van der Waals surface area (Å²) in [7, 11) is -1.70. The van der Waals surface area contributed by atoms with Crippen LogP contribution in [0.3, 0.4) is 0 Å². The lowest BCUT2D eigenvalue weighted by Gasteiger charge is -2.43. The minimum atomic E-state index is -3.39. The lowest BCUT2D eigenvalue weighted by Crippen LogP contribution is -2.56. The molecule has 3 rings (SSSR count). The summed E-state index contributed by atoms with van der Waals surface area (Å²) in [5.74, 6) is 0.281. The first-order chi connectivity index (χ1) is 10.1. The maximum atomic E-state index is 12.7. The lowest BCUT2D eigenvalue weighted by atomic mass is 9.90. The van der Waals surface area contributed by atoms with Gasteiger partial charge < -0.3 is 9.47 Å². The zero-order valence-electron chi connectivity index (χ0n) is 12.2. The molecule has 1 spiro atoms. The molecular weight excluding hydrogens is 310 g/mol. The maximum Gasteiger partial charge on any atom is 0.252 e. The molecule has 5 nitrogen and oxygen atoms in total. The third kappa shape index (κ3) is 2.77. The number of rotatable bonds is 4. The molecule has 1 saturated heterocycles. The van der Waals surface area contributed by atoms with Gasteiger partial charge >= 0.3 is 0 Å². The molecule has 2 atom stereocenters. The second-order valence-electron chi connectivity index (χ2n) is 5.73. The maximum absolute atomic E-state index is 12.7. The van der Waals surface area contributed by atoms with Crippen LogP contribution < -0.4 is 0 Å². The van der Waals surface area contributed by atoms with Crippen LogP contribution in [0.4, 0.5) is 0 Å². The third-order valence-electron chi connectivity index (χ3n) is 4.53. The summed E-state index contributed by atoms with van der Waals surface area (Å²) in [6, 6.07) is 3.44. The molecule has 0 unspecified atom stereocenters. The monoisotopic (exact) mass is 331 g/mol. The highest BCUT2D eigenvalue weighted by atomic mass is 32.2. The highest BCUT2D eigenvalue weighted by Gasteiger charge is 2.49. The summed E-state index contributed by atoms with van der Waals surface area (Å²) in [6.45, 7) is 1.97. The molecule has 0 bridgehead atoms. The minimum Gasteiger partial charge on any atom is -0.384 e. The van der Waals surface area contributed by atoms with Crippen molar-refractivity contribution in [2.75, 3.05) is 33.4 Å². The molecule has 0 N–H and O–H groups in total. The Balaban J connectivity index is 1.83. The summed E-state index contributed by atoms with van der Waals surface area (Å²) >= 11 is 1.27. The number of ether oxygens (including phenoxy) is 2. The Hall–Kier alpha value is -0.470. The van der Waals surface area contributed by atoms with Gasteiger partial charge in [-0.2, -0.15) is 4.31 Å². The highest BCUT2D eigenvalue weighted by Crippen LogP contribution is 2.42. The van der Waals surface area contributed by atoms with Gasteiger partial charge in [-0.3, -0.25) is 0 Å². The molecule has 0 aromatic carbocycles. The molecule has 2 fully saturated rings. The van der Waals surface area contributed by atoms with E-state index in [1.807, 2.05) is 0 Å². The molecule has 1 aromatic rings. The summed E-state index contributed by atoms with van der Waals surface area (Å²) in [4.78, 5) is 0. The molecule has 118 valence electrons. The Bertz CT molecular complexity index is 572. The van der Waals surface area contributed by atoms with Crippen LogP contribution in [0.5, 0.6) is 0 Å². The van der Waals surface area contributed by atoms with Crippen LogP contribution in [-0.4, -0.2) is 51.7 Å². The predicted molar refractivity (Wildman–Crippen MR) is 81.0 cm³/mol. The summed E-state index contributed by atoms with van der Waals surface area (Å²) in [6.07, 6.45) is 3.03. The van der Waals surface area contributed by atoms with E-state index in [1.165, 1.54) is 11.3 Å². The van der Waals surface area contributed by atoms with Crippen molar-refractivity contribution in [3.8, 4) is 0 Å². The Morgan fingerprint density at radius 2 is 2.43 bits per heavy atom. The minimum absolute atomic E-state index is 0.281. The van der Waals surface area contributed by atoms with Crippen LogP contribution in [-0.2, 0) is 19.5 Å². The first-order valence-electron chi connectivity index (χ1n) is 7.25. The number of methoxy groups -OCH3 is 1. The van der Waals surface area contributed by atoms with E-state index in [1.54, 1.807) is 28.9 Å². The van der Waals surface area contributed by atoms with Gasteiger partial charge in [-0.15, -0.1) is 11.3 Å². The van der Waals surface area contributed by atoms with E-state index in [9.17, 15) is 8.42 Å². The molecule has 21 heavy (non-hydrogen) atoms. The molecule has 0 radical (unpaired) electrons. The van der Waals surface area contributed by atoms with E-state index < -0.39 is 10.0 Å². The zero-order valence-corrected chi connectivity index (χ0v) is 13.8. The largest absolute Gasteiger partial charge is 0.384 e. The van der Waals surface area contributed by atoms with Crippen molar-refractivity contribution >= 4 is 21.4 Å². The first-order valence-corrected chi connectivity index (χ1v) is 9.57. The van der Waals surface area contributed by atoms with Gasteiger partial charge in [0.1, 0.15) is 4.21 Å². The normalized spacial score (nSPS) is 31.0. The molecule has 2 heterocycles. The van der Waals surface area contributed by atoms with Gasteiger partial charge in [0, 0.05) is 26.1 Å². The fourth-order valence-electron chi connectivity index (χ4n) is 3.47. The number of hydrogen-bond donors (Lipinski definition) is 0. The number of thiophene rings is 1. The molecule has 0 amide bonds. The zero-order chi connectivity index (χ0) is 14.9. The summed E-state index contributed by atoms with van der Waals surface area (Å²) < 4.78 is 38.8. The molecule has 1 aliphatic heterocycles. The van der Waals surface area contributed by atoms with Crippen molar-refractivity contribution in [3.63, 3.8) is 0 Å². The topological polar surface area (TPSA) is 55.8 Å². The van der Waals surface area contributed by atoms with Crippen LogP contribution in [0.15, 0.2) is 21.7 Å². The Kier molecular flexibility index (Phi) is 4.38. The lowest BCUT2D eigenvalue weighted by molar-refractivity contribution is -0.123. The van der Waals surface area contributed by atoms with Crippen molar-refractivity contribution in [3.05, 3.63) is 17.5 Å². The molecule has 1 saturated carbocycles. The fourth-order valence-corrected chi connectivity index (χ4v) is 6.09. The van der Waals surface area contributed by atoms with Crippen LogP contribution in [0.2, 0.25) is 0 Å². The van der Waals surface area contributed by atoms with Crippen molar-refractivity contribution in [2.45, 2.75) is 29.1 Å². The van der Waals surface area contributed by atoms with Gasteiger partial charge in [0.25, 0.3) is 10.0 Å². The van der Waals surface area contributed by atoms with Crippen LogP contribution in [0, 0.1) is 5.92 Å². The van der Waals surface area contributed by atoms with Crippen molar-refractivity contribution in [1.29, 1.82) is 0 Å². The number of sulfonamides is 1. The van der Waals surface area contributed by atoms with E-state index in [-0.39, 0.29) is 11.5 Å². The summed E-state index contributed by atoms with van der Waals surface area (Å²) in [5, 5.41) is 1.80. The molecular formula is C14H21NO4S2. The average Bonchev–Trinajstić information content (AvgIpc) is 3.11. The second-order valence-corrected chi connectivity index (χ2v) is 8.84. The van der Waals surface area contributed by atoms with E-state index in [0.717, 1.165) is 19.3 Å². The Labute approximate surface area is 129 Å². The fraction of sp³-hybridized carbons (Fsp3) is 0.714. The standard InChI is InChI=1S/C14H21NO4S2/c1-18-10-12-4-2-6-14(12)11-15(7-8-19-14)21(16,17)13-5-3-9-20-13/h3,5,9,12H,2,4,6-8,10-11H2,1H3/t12-,14-/m0/s1. The van der Waals surface area contributed by atoms with Gasteiger partial charge in [0.05, 0.1) is 18.8 Å². The van der Waals surface area contributed by atoms with Gasteiger partial charge in [0.15, 0.2) is 0 Å². The third-order valence-corrected chi connectivity index (χ3v) is 7.75. The van der Waals surface area contributed by atoms with Gasteiger partial charge in [-0.1, -0.05) is 12.5 Å². The SMILES string of the molecule is COC[C@@H]1CCC[C@]12CN(S(=O)(=O)c1cccs1)CCO2. The van der Waals surface area contributed by atoms with Crippen molar-refractivity contribution in [2.24, 2.45) is 5.92 Å². The summed E-state index contributed by atoms with van der Waals surface area (Å²) in [5.41, 5.74) is -0.363. The molecule has 7 heteroatoms. The quantitative estimate of drug-likeness (QED) is 0.846. The van der Waals surface area contributed by atoms with E-state index in [2.05, 4.69) is 0 Å². The number of hydrogen-bond acceptors (Lipinski definition) is 5. The molecule has 1 aliphatic carbocycles. The Morgan fingerprint density at radius 3 is 3.14 bits per heavy atom.